The van der Waals surface area contributed by atoms with E-state index in [0.717, 1.165) is 6.42 Å². The molecule has 2 heterocycles. The average Bonchev–Trinajstić information content (AvgIpc) is 3.17. The van der Waals surface area contributed by atoms with Crippen LogP contribution in [-0.2, 0) is 16.8 Å². The number of amides is 2. The zero-order chi connectivity index (χ0) is 17.7. The van der Waals surface area contributed by atoms with Crippen molar-refractivity contribution in [3.63, 3.8) is 0 Å². The van der Waals surface area contributed by atoms with Gasteiger partial charge in [-0.2, -0.15) is 0 Å². The molecule has 2 amide bonds. The third-order valence-electron chi connectivity index (χ3n) is 4.81. The van der Waals surface area contributed by atoms with Crippen molar-refractivity contribution >= 4 is 12.0 Å². The molecular formula is C18H22N4O3. The van der Waals surface area contributed by atoms with Crippen LogP contribution in [0.25, 0.3) is 0 Å². The van der Waals surface area contributed by atoms with Gasteiger partial charge < -0.3 is 19.9 Å². The Bertz CT molecular complexity index is 707. The standard InChI is InChI=1S/C18H22N4O3/c23-16(24)18(22-13-10-19-14-22)7-11-21(12-8-18)17(25)20-9-6-15-4-2-1-3-5-15/h1-5,10,13-14H,6-9,11-12H2,(H,20,25)(H,23,24). The highest BCUT2D eigenvalue weighted by atomic mass is 16.4. The largest absolute Gasteiger partial charge is 0.479 e. The van der Waals surface area contributed by atoms with Gasteiger partial charge >= 0.3 is 12.0 Å². The van der Waals surface area contributed by atoms with Crippen molar-refractivity contribution in [1.82, 2.24) is 19.8 Å². The predicted molar refractivity (Wildman–Crippen MR) is 92.2 cm³/mol. The molecule has 1 aromatic heterocycles. The van der Waals surface area contributed by atoms with Crippen LogP contribution in [0.1, 0.15) is 18.4 Å². The van der Waals surface area contributed by atoms with E-state index in [1.807, 2.05) is 30.3 Å². The first-order valence-electron chi connectivity index (χ1n) is 8.40. The van der Waals surface area contributed by atoms with Crippen LogP contribution in [0.15, 0.2) is 49.1 Å². The number of carboxylic acids is 1. The van der Waals surface area contributed by atoms with Crippen LogP contribution in [0.5, 0.6) is 0 Å². The SMILES string of the molecule is O=C(NCCc1ccccc1)N1CCC(C(=O)O)(n2ccnc2)CC1. The van der Waals surface area contributed by atoms with Crippen LogP contribution in [0.3, 0.4) is 0 Å². The van der Waals surface area contributed by atoms with Gasteiger partial charge in [0.2, 0.25) is 0 Å². The summed E-state index contributed by atoms with van der Waals surface area (Å²) in [5.74, 6) is -0.880. The normalized spacial score (nSPS) is 16.4. The molecule has 1 fully saturated rings. The number of benzene rings is 1. The fraction of sp³-hybridized carbons (Fsp3) is 0.389. The summed E-state index contributed by atoms with van der Waals surface area (Å²) in [6.45, 7) is 1.37. The fourth-order valence-corrected chi connectivity index (χ4v) is 3.24. The Balaban J connectivity index is 1.53. The first-order valence-corrected chi connectivity index (χ1v) is 8.40. The number of likely N-dealkylation sites (tertiary alicyclic amines) is 1. The monoisotopic (exact) mass is 342 g/mol. The second-order valence-electron chi connectivity index (χ2n) is 6.26. The second-order valence-corrected chi connectivity index (χ2v) is 6.26. The highest BCUT2D eigenvalue weighted by Gasteiger charge is 2.43. The minimum atomic E-state index is -1.02. The highest BCUT2D eigenvalue weighted by Crippen LogP contribution is 2.30. The number of imidazole rings is 1. The second kappa shape index (κ2) is 7.38. The predicted octanol–water partition coefficient (Wildman–Crippen LogP) is 1.71. The van der Waals surface area contributed by atoms with Crippen LogP contribution < -0.4 is 5.32 Å². The number of carbonyl (C=O) groups excluding carboxylic acids is 1. The number of aromatic nitrogens is 2. The smallest absolute Gasteiger partial charge is 0.330 e. The first kappa shape index (κ1) is 17.0. The molecule has 7 heteroatoms. The van der Waals surface area contributed by atoms with E-state index in [9.17, 15) is 14.7 Å². The molecule has 2 aromatic rings. The Morgan fingerprint density at radius 3 is 2.52 bits per heavy atom. The quantitative estimate of drug-likeness (QED) is 0.866. The van der Waals surface area contributed by atoms with E-state index in [0.29, 0.717) is 32.5 Å². The van der Waals surface area contributed by atoms with E-state index in [1.165, 1.54) is 11.9 Å². The van der Waals surface area contributed by atoms with Gasteiger partial charge in [0.1, 0.15) is 5.54 Å². The summed E-state index contributed by atoms with van der Waals surface area (Å²) in [7, 11) is 0. The minimum absolute atomic E-state index is 0.138. The van der Waals surface area contributed by atoms with Crippen molar-refractivity contribution in [2.45, 2.75) is 24.8 Å². The van der Waals surface area contributed by atoms with Crippen molar-refractivity contribution in [1.29, 1.82) is 0 Å². The van der Waals surface area contributed by atoms with E-state index in [-0.39, 0.29) is 6.03 Å². The summed E-state index contributed by atoms with van der Waals surface area (Å²) >= 11 is 0. The summed E-state index contributed by atoms with van der Waals surface area (Å²) in [5.41, 5.74) is 0.156. The summed E-state index contributed by atoms with van der Waals surface area (Å²) < 4.78 is 1.64. The molecule has 0 atom stereocenters. The molecule has 0 radical (unpaired) electrons. The van der Waals surface area contributed by atoms with E-state index in [4.69, 9.17) is 0 Å². The van der Waals surface area contributed by atoms with Crippen molar-refractivity contribution in [2.24, 2.45) is 0 Å². The molecule has 0 aliphatic carbocycles. The maximum Gasteiger partial charge on any atom is 0.330 e. The lowest BCUT2D eigenvalue weighted by atomic mass is 9.87. The number of nitrogens with zero attached hydrogens (tertiary/aromatic N) is 3. The molecule has 1 saturated heterocycles. The van der Waals surface area contributed by atoms with Crippen molar-refractivity contribution in [2.75, 3.05) is 19.6 Å². The van der Waals surface area contributed by atoms with Crippen molar-refractivity contribution in [3.05, 3.63) is 54.6 Å². The highest BCUT2D eigenvalue weighted by molar-refractivity contribution is 5.78. The summed E-state index contributed by atoms with van der Waals surface area (Å²) in [6, 6.07) is 9.83. The van der Waals surface area contributed by atoms with Crippen LogP contribution in [0.2, 0.25) is 0 Å². The van der Waals surface area contributed by atoms with E-state index < -0.39 is 11.5 Å². The van der Waals surface area contributed by atoms with Gasteiger partial charge in [-0.05, 0) is 24.8 Å². The lowest BCUT2D eigenvalue weighted by molar-refractivity contribution is -0.150. The molecule has 0 spiro atoms. The molecule has 2 N–H and O–H groups in total. The number of nitrogens with one attached hydrogen (secondary N) is 1. The molecule has 132 valence electrons. The Morgan fingerprint density at radius 1 is 1.20 bits per heavy atom. The maximum atomic E-state index is 12.3. The van der Waals surface area contributed by atoms with E-state index in [2.05, 4.69) is 10.3 Å². The van der Waals surface area contributed by atoms with Crippen molar-refractivity contribution in [3.8, 4) is 0 Å². The molecule has 1 aliphatic heterocycles. The summed E-state index contributed by atoms with van der Waals surface area (Å²) in [6.07, 6.45) is 6.28. The average molecular weight is 342 g/mol. The van der Waals surface area contributed by atoms with Crippen LogP contribution in [0.4, 0.5) is 4.79 Å². The van der Waals surface area contributed by atoms with Crippen LogP contribution >= 0.6 is 0 Å². The molecule has 0 bridgehead atoms. The van der Waals surface area contributed by atoms with Gasteiger partial charge in [-0.3, -0.25) is 0 Å². The number of piperidine rings is 1. The third kappa shape index (κ3) is 3.65. The fourth-order valence-electron chi connectivity index (χ4n) is 3.24. The third-order valence-corrected chi connectivity index (χ3v) is 4.81. The van der Waals surface area contributed by atoms with Gasteiger partial charge in [0, 0.05) is 32.0 Å². The summed E-state index contributed by atoms with van der Waals surface area (Å²) in [4.78, 5) is 29.8. The topological polar surface area (TPSA) is 87.5 Å². The van der Waals surface area contributed by atoms with E-state index >= 15 is 0 Å². The molecule has 0 saturated carbocycles. The van der Waals surface area contributed by atoms with Crippen LogP contribution in [0, 0.1) is 0 Å². The Kier molecular flexibility index (Phi) is 5.02. The number of rotatable bonds is 5. The molecule has 0 unspecified atom stereocenters. The van der Waals surface area contributed by atoms with Crippen molar-refractivity contribution < 1.29 is 14.7 Å². The number of urea groups is 1. The summed E-state index contributed by atoms with van der Waals surface area (Å²) in [5, 5.41) is 12.6. The van der Waals surface area contributed by atoms with Gasteiger partial charge in [0.25, 0.3) is 0 Å². The Morgan fingerprint density at radius 2 is 1.92 bits per heavy atom. The van der Waals surface area contributed by atoms with Gasteiger partial charge in [0.15, 0.2) is 0 Å². The molecular weight excluding hydrogens is 320 g/mol. The Labute approximate surface area is 146 Å². The molecule has 3 rings (SSSR count). The first-order chi connectivity index (χ1) is 12.1. The van der Waals surface area contributed by atoms with Gasteiger partial charge in [-0.15, -0.1) is 0 Å². The number of carboxylic acid groups (broad SMARTS) is 1. The lowest BCUT2D eigenvalue weighted by Gasteiger charge is -2.39. The molecule has 1 aromatic carbocycles. The maximum absolute atomic E-state index is 12.3. The van der Waals surface area contributed by atoms with Crippen LogP contribution in [-0.4, -0.2) is 51.2 Å². The number of hydrogen-bond acceptors (Lipinski definition) is 3. The Hall–Kier alpha value is -2.83. The molecule has 1 aliphatic rings. The number of hydrogen-bond donors (Lipinski definition) is 2. The number of carbonyl (C=O) groups is 2. The molecule has 25 heavy (non-hydrogen) atoms. The van der Waals surface area contributed by atoms with E-state index in [1.54, 1.807) is 21.9 Å². The van der Waals surface area contributed by atoms with Gasteiger partial charge in [-0.1, -0.05) is 30.3 Å². The van der Waals surface area contributed by atoms with Gasteiger partial charge in [0.05, 0.1) is 6.33 Å². The number of aliphatic carboxylic acids is 1. The zero-order valence-corrected chi connectivity index (χ0v) is 14.0. The zero-order valence-electron chi connectivity index (χ0n) is 14.0. The lowest BCUT2D eigenvalue weighted by Crippen LogP contribution is -2.54. The minimum Gasteiger partial charge on any atom is -0.479 e. The van der Waals surface area contributed by atoms with Gasteiger partial charge in [-0.25, -0.2) is 14.6 Å². The molecule has 7 nitrogen and oxygen atoms in total.